The van der Waals surface area contributed by atoms with Gasteiger partial charge in [-0.2, -0.15) is 8.42 Å². The summed E-state index contributed by atoms with van der Waals surface area (Å²) in [5.41, 5.74) is 1.02. The molecule has 0 heterocycles. The standard InChI is InChI=1S/C16H22O4S/c1-11-2-5-14(6-3-11)21(18,19)20-10-13-8-12-4-7-15(13)16(17)9-12/h2-3,5-6,12-13,15-17H,4,7-10H2,1H3/t12-,13+,15-,16+/m1/s1. The van der Waals surface area contributed by atoms with E-state index in [4.69, 9.17) is 4.18 Å². The van der Waals surface area contributed by atoms with Crippen molar-refractivity contribution in [1.29, 1.82) is 0 Å². The average molecular weight is 310 g/mol. The lowest BCUT2D eigenvalue weighted by molar-refractivity contribution is -0.0485. The Hall–Kier alpha value is -0.910. The van der Waals surface area contributed by atoms with E-state index < -0.39 is 10.1 Å². The summed E-state index contributed by atoms with van der Waals surface area (Å²) in [4.78, 5) is 0.203. The fraction of sp³-hybridized carbons (Fsp3) is 0.625. The van der Waals surface area contributed by atoms with Crippen LogP contribution < -0.4 is 0 Å². The maximum Gasteiger partial charge on any atom is 0.296 e. The van der Waals surface area contributed by atoms with Crippen molar-refractivity contribution in [3.05, 3.63) is 29.8 Å². The lowest BCUT2D eigenvalue weighted by Crippen LogP contribution is -2.43. The molecule has 0 radical (unpaired) electrons. The van der Waals surface area contributed by atoms with Gasteiger partial charge in [-0.1, -0.05) is 17.7 Å². The molecule has 21 heavy (non-hydrogen) atoms. The molecule has 4 nitrogen and oxygen atoms in total. The number of aliphatic hydroxyl groups excluding tert-OH is 1. The predicted molar refractivity (Wildman–Crippen MR) is 79.3 cm³/mol. The molecule has 3 aliphatic carbocycles. The molecule has 0 aromatic heterocycles. The molecule has 5 heteroatoms. The van der Waals surface area contributed by atoms with Gasteiger partial charge in [-0.3, -0.25) is 4.18 Å². The van der Waals surface area contributed by atoms with E-state index >= 15 is 0 Å². The minimum Gasteiger partial charge on any atom is -0.393 e. The van der Waals surface area contributed by atoms with Crippen molar-refractivity contribution in [1.82, 2.24) is 0 Å². The van der Waals surface area contributed by atoms with Crippen LogP contribution in [0.25, 0.3) is 0 Å². The van der Waals surface area contributed by atoms with E-state index in [1.54, 1.807) is 24.3 Å². The Bertz CT molecular complexity index is 593. The first-order valence-corrected chi connectivity index (χ1v) is 9.01. The summed E-state index contributed by atoms with van der Waals surface area (Å²) >= 11 is 0. The Morgan fingerprint density at radius 2 is 1.90 bits per heavy atom. The Morgan fingerprint density at radius 1 is 1.19 bits per heavy atom. The zero-order valence-corrected chi connectivity index (χ0v) is 13.1. The number of hydrogen-bond donors (Lipinski definition) is 1. The fourth-order valence-electron chi connectivity index (χ4n) is 3.76. The molecule has 0 amide bonds. The first kappa shape index (κ1) is 15.0. The van der Waals surface area contributed by atoms with Crippen molar-refractivity contribution in [2.24, 2.45) is 17.8 Å². The molecule has 1 aromatic rings. The second-order valence-electron chi connectivity index (χ2n) is 6.46. The van der Waals surface area contributed by atoms with E-state index in [0.29, 0.717) is 5.92 Å². The van der Waals surface area contributed by atoms with Crippen LogP contribution in [-0.4, -0.2) is 26.2 Å². The van der Waals surface area contributed by atoms with Gasteiger partial charge in [0.15, 0.2) is 0 Å². The topological polar surface area (TPSA) is 63.6 Å². The minimum absolute atomic E-state index is 0.160. The number of rotatable bonds is 4. The summed E-state index contributed by atoms with van der Waals surface area (Å²) in [7, 11) is -3.69. The van der Waals surface area contributed by atoms with Crippen molar-refractivity contribution in [2.45, 2.75) is 43.6 Å². The van der Waals surface area contributed by atoms with Crippen molar-refractivity contribution in [2.75, 3.05) is 6.61 Å². The van der Waals surface area contributed by atoms with E-state index in [1.807, 2.05) is 6.92 Å². The first-order valence-electron chi connectivity index (χ1n) is 7.60. The first-order chi connectivity index (χ1) is 9.95. The molecule has 0 spiro atoms. The molecule has 1 aromatic carbocycles. The Balaban J connectivity index is 1.65. The molecule has 0 saturated heterocycles. The van der Waals surface area contributed by atoms with Crippen LogP contribution in [0, 0.1) is 24.7 Å². The van der Waals surface area contributed by atoms with Gasteiger partial charge in [-0.15, -0.1) is 0 Å². The maximum atomic E-state index is 12.2. The van der Waals surface area contributed by atoms with Crippen LogP contribution in [0.3, 0.4) is 0 Å². The third-order valence-electron chi connectivity index (χ3n) is 4.97. The monoisotopic (exact) mass is 310 g/mol. The lowest BCUT2D eigenvalue weighted by atomic mass is 9.63. The van der Waals surface area contributed by atoms with Crippen molar-refractivity contribution in [3.63, 3.8) is 0 Å². The van der Waals surface area contributed by atoms with Crippen LogP contribution in [0.5, 0.6) is 0 Å². The summed E-state index contributed by atoms with van der Waals surface area (Å²) in [6, 6.07) is 6.68. The highest BCUT2D eigenvalue weighted by molar-refractivity contribution is 7.86. The molecular weight excluding hydrogens is 288 g/mol. The summed E-state index contributed by atoms with van der Waals surface area (Å²) < 4.78 is 29.6. The molecule has 1 N–H and O–H groups in total. The third-order valence-corrected chi connectivity index (χ3v) is 6.26. The second kappa shape index (κ2) is 5.71. The normalized spacial score (nSPS) is 32.3. The third kappa shape index (κ3) is 3.15. The summed E-state index contributed by atoms with van der Waals surface area (Å²) in [5, 5.41) is 10.0. The van der Waals surface area contributed by atoms with Crippen LogP contribution in [0.15, 0.2) is 29.2 Å². The molecule has 116 valence electrons. The number of aryl methyl sites for hydroxylation is 1. The molecule has 2 bridgehead atoms. The molecule has 0 unspecified atom stereocenters. The van der Waals surface area contributed by atoms with Gasteiger partial charge in [0.05, 0.1) is 17.6 Å². The van der Waals surface area contributed by atoms with Crippen LogP contribution in [0.2, 0.25) is 0 Å². The van der Waals surface area contributed by atoms with Crippen molar-refractivity contribution < 1.29 is 17.7 Å². The SMILES string of the molecule is Cc1ccc(S(=O)(=O)OC[C@@H]2C[C@H]3CC[C@H]2[C@@H](O)C3)cc1. The smallest absolute Gasteiger partial charge is 0.296 e. The highest BCUT2D eigenvalue weighted by atomic mass is 32.2. The molecular formula is C16H22O4S. The summed E-state index contributed by atoms with van der Waals surface area (Å²) in [6.45, 7) is 2.10. The van der Waals surface area contributed by atoms with Gasteiger partial charge in [0.1, 0.15) is 0 Å². The van der Waals surface area contributed by atoms with Crippen molar-refractivity contribution in [3.8, 4) is 0 Å². The average Bonchev–Trinajstić information content (AvgIpc) is 2.46. The predicted octanol–water partition coefficient (Wildman–Crippen LogP) is 2.50. The van der Waals surface area contributed by atoms with Crippen LogP contribution >= 0.6 is 0 Å². The molecule has 4 atom stereocenters. The Morgan fingerprint density at radius 3 is 2.52 bits per heavy atom. The number of benzene rings is 1. The van der Waals surface area contributed by atoms with Gasteiger partial charge < -0.3 is 5.11 Å². The van der Waals surface area contributed by atoms with Gasteiger partial charge in [0.2, 0.25) is 0 Å². The highest BCUT2D eigenvalue weighted by Gasteiger charge is 2.41. The molecule has 0 aliphatic heterocycles. The summed E-state index contributed by atoms with van der Waals surface area (Å²) in [6.07, 6.45) is 3.71. The van der Waals surface area contributed by atoms with Gasteiger partial charge in [-0.25, -0.2) is 0 Å². The Kier molecular flexibility index (Phi) is 4.08. The minimum atomic E-state index is -3.69. The van der Waals surface area contributed by atoms with E-state index in [-0.39, 0.29) is 29.4 Å². The molecule has 3 saturated carbocycles. The zero-order chi connectivity index (χ0) is 15.0. The van der Waals surface area contributed by atoms with Crippen molar-refractivity contribution >= 4 is 10.1 Å². The van der Waals surface area contributed by atoms with Crippen LogP contribution in [0.1, 0.15) is 31.2 Å². The largest absolute Gasteiger partial charge is 0.393 e. The maximum absolute atomic E-state index is 12.2. The van der Waals surface area contributed by atoms with Gasteiger partial charge in [-0.05, 0) is 62.5 Å². The van der Waals surface area contributed by atoms with Crippen LogP contribution in [-0.2, 0) is 14.3 Å². The summed E-state index contributed by atoms with van der Waals surface area (Å²) in [5.74, 6) is 0.886. The number of hydrogen-bond acceptors (Lipinski definition) is 4. The van der Waals surface area contributed by atoms with Gasteiger partial charge in [0.25, 0.3) is 10.1 Å². The highest BCUT2D eigenvalue weighted by Crippen LogP contribution is 2.45. The second-order valence-corrected chi connectivity index (χ2v) is 8.07. The molecule has 3 aliphatic rings. The molecule has 4 rings (SSSR count). The number of fused-ring (bicyclic) bond motifs is 3. The van der Waals surface area contributed by atoms with E-state index in [1.165, 1.54) is 0 Å². The Labute approximate surface area is 126 Å². The zero-order valence-electron chi connectivity index (χ0n) is 12.2. The number of aliphatic hydroxyl groups is 1. The van der Waals surface area contributed by atoms with Gasteiger partial charge in [0, 0.05) is 0 Å². The molecule has 3 fully saturated rings. The lowest BCUT2D eigenvalue weighted by Gasteiger charge is -2.45. The quantitative estimate of drug-likeness (QED) is 0.868. The van der Waals surface area contributed by atoms with E-state index in [9.17, 15) is 13.5 Å². The van der Waals surface area contributed by atoms with Gasteiger partial charge >= 0.3 is 0 Å². The fourth-order valence-corrected chi connectivity index (χ4v) is 4.72. The van der Waals surface area contributed by atoms with E-state index in [2.05, 4.69) is 0 Å². The van der Waals surface area contributed by atoms with E-state index in [0.717, 1.165) is 31.2 Å². The van der Waals surface area contributed by atoms with Crippen LogP contribution in [0.4, 0.5) is 0 Å².